The maximum atomic E-state index is 12.7. The van der Waals surface area contributed by atoms with Crippen molar-refractivity contribution in [3.63, 3.8) is 0 Å². The molecular weight excluding hydrogens is 405 g/mol. The highest BCUT2D eigenvalue weighted by Crippen LogP contribution is 2.32. The van der Waals surface area contributed by atoms with E-state index in [1.54, 1.807) is 17.7 Å². The molecule has 0 bridgehead atoms. The number of anilines is 2. The van der Waals surface area contributed by atoms with Crippen LogP contribution in [0.25, 0.3) is 10.9 Å². The summed E-state index contributed by atoms with van der Waals surface area (Å²) in [5.41, 5.74) is 1.82. The molecule has 0 amide bonds. The summed E-state index contributed by atoms with van der Waals surface area (Å²) in [6, 6.07) is 11.6. The minimum atomic E-state index is -4.38. The number of nitrogens with zero attached hydrogens (tertiary/aromatic N) is 3. The molecule has 0 saturated carbocycles. The lowest BCUT2D eigenvalue weighted by Crippen LogP contribution is -2.35. The highest BCUT2D eigenvalue weighted by Gasteiger charge is 2.31. The molecule has 1 fully saturated rings. The zero-order valence-corrected chi connectivity index (χ0v) is 17.1. The summed E-state index contributed by atoms with van der Waals surface area (Å²) in [5.74, 6) is 0.786. The summed E-state index contributed by atoms with van der Waals surface area (Å²) >= 11 is 0. The number of alkyl halides is 3. The van der Waals surface area contributed by atoms with Crippen molar-refractivity contribution in [2.45, 2.75) is 19.0 Å². The standard InChI is InChI=1S/C23H23F3N4O/c1-15(28-19-4-3-5-20-18(19)7-9-22(31)29(20)2)16-10-12-30(13-11-16)21-8-6-17(14-27-21)23(24,25)26/h3-9,14,16,28H,1,10-13H2,2H3. The molecule has 1 N–H and O–H groups in total. The Kier molecular flexibility index (Phi) is 5.47. The smallest absolute Gasteiger partial charge is 0.359 e. The lowest BCUT2D eigenvalue weighted by atomic mass is 9.93. The summed E-state index contributed by atoms with van der Waals surface area (Å²) in [5, 5.41) is 4.35. The molecule has 1 saturated heterocycles. The van der Waals surface area contributed by atoms with Gasteiger partial charge in [0.1, 0.15) is 5.82 Å². The Labute approximate surface area is 177 Å². The van der Waals surface area contributed by atoms with Crippen LogP contribution in [0.1, 0.15) is 18.4 Å². The predicted molar refractivity (Wildman–Crippen MR) is 116 cm³/mol. The van der Waals surface area contributed by atoms with Crippen molar-refractivity contribution in [2.24, 2.45) is 13.0 Å². The highest BCUT2D eigenvalue weighted by atomic mass is 19.4. The summed E-state index contributed by atoms with van der Waals surface area (Å²) < 4.78 is 39.8. The van der Waals surface area contributed by atoms with Crippen LogP contribution >= 0.6 is 0 Å². The van der Waals surface area contributed by atoms with Crippen molar-refractivity contribution in [3.8, 4) is 0 Å². The van der Waals surface area contributed by atoms with Crippen molar-refractivity contribution in [1.29, 1.82) is 0 Å². The largest absolute Gasteiger partial charge is 0.417 e. The number of aromatic nitrogens is 2. The average Bonchev–Trinajstić information content (AvgIpc) is 2.76. The molecule has 1 aromatic carbocycles. The second-order valence-electron chi connectivity index (χ2n) is 7.78. The van der Waals surface area contributed by atoms with Crippen LogP contribution < -0.4 is 15.8 Å². The molecule has 3 aromatic rings. The number of hydrogen-bond donors (Lipinski definition) is 1. The van der Waals surface area contributed by atoms with E-state index < -0.39 is 11.7 Å². The van der Waals surface area contributed by atoms with Gasteiger partial charge >= 0.3 is 6.18 Å². The highest BCUT2D eigenvalue weighted by molar-refractivity contribution is 5.92. The van der Waals surface area contributed by atoms with E-state index in [1.165, 1.54) is 6.07 Å². The number of pyridine rings is 2. The van der Waals surface area contributed by atoms with Gasteiger partial charge in [-0.15, -0.1) is 0 Å². The summed E-state index contributed by atoms with van der Waals surface area (Å²) in [6.07, 6.45) is -1.86. The number of nitrogens with one attached hydrogen (secondary N) is 1. The maximum absolute atomic E-state index is 12.7. The van der Waals surface area contributed by atoms with Crippen LogP contribution in [0.4, 0.5) is 24.7 Å². The molecule has 4 rings (SSSR count). The minimum absolute atomic E-state index is 0.0623. The molecule has 5 nitrogen and oxygen atoms in total. The van der Waals surface area contributed by atoms with E-state index in [-0.39, 0.29) is 11.5 Å². The van der Waals surface area contributed by atoms with Crippen LogP contribution in [-0.4, -0.2) is 22.6 Å². The number of piperidine rings is 1. The summed E-state index contributed by atoms with van der Waals surface area (Å²) in [4.78, 5) is 17.9. The Hall–Kier alpha value is -3.29. The van der Waals surface area contributed by atoms with Gasteiger partial charge in [0.15, 0.2) is 0 Å². The number of halogens is 3. The Morgan fingerprint density at radius 1 is 1.13 bits per heavy atom. The minimum Gasteiger partial charge on any atom is -0.359 e. The van der Waals surface area contributed by atoms with Crippen molar-refractivity contribution in [2.75, 3.05) is 23.3 Å². The molecule has 0 radical (unpaired) electrons. The van der Waals surface area contributed by atoms with Crippen LogP contribution in [-0.2, 0) is 13.2 Å². The molecule has 1 aliphatic rings. The summed E-state index contributed by atoms with van der Waals surface area (Å²) in [7, 11) is 1.74. The lowest BCUT2D eigenvalue weighted by molar-refractivity contribution is -0.137. The first kappa shape index (κ1) is 21.0. The van der Waals surface area contributed by atoms with Gasteiger partial charge in [0, 0.05) is 55.1 Å². The number of aryl methyl sites for hydroxylation is 1. The normalized spacial score (nSPS) is 15.3. The quantitative estimate of drug-likeness (QED) is 0.649. The van der Waals surface area contributed by atoms with Crippen molar-refractivity contribution >= 4 is 22.4 Å². The van der Waals surface area contributed by atoms with Crippen molar-refractivity contribution in [3.05, 3.63) is 76.9 Å². The van der Waals surface area contributed by atoms with E-state index in [0.717, 1.165) is 47.4 Å². The fraction of sp³-hybridized carbons (Fsp3) is 0.304. The van der Waals surface area contributed by atoms with Gasteiger partial charge in [-0.3, -0.25) is 4.79 Å². The fourth-order valence-electron chi connectivity index (χ4n) is 3.99. The number of hydrogen-bond acceptors (Lipinski definition) is 4. The average molecular weight is 428 g/mol. The van der Waals surface area contributed by atoms with Crippen LogP contribution in [0.2, 0.25) is 0 Å². The lowest BCUT2D eigenvalue weighted by Gasteiger charge is -2.34. The Balaban J connectivity index is 1.42. The first-order chi connectivity index (χ1) is 14.7. The third-order valence-electron chi connectivity index (χ3n) is 5.85. The van der Waals surface area contributed by atoms with E-state index in [1.807, 2.05) is 29.2 Å². The van der Waals surface area contributed by atoms with Gasteiger partial charge in [-0.05, 0) is 43.2 Å². The molecule has 3 heterocycles. The van der Waals surface area contributed by atoms with E-state index >= 15 is 0 Å². The molecular formula is C23H23F3N4O. The molecule has 162 valence electrons. The molecule has 2 aromatic heterocycles. The van der Waals surface area contributed by atoms with Gasteiger partial charge in [0.25, 0.3) is 5.56 Å². The SMILES string of the molecule is C=C(Nc1cccc2c1ccc(=O)n2C)C1CCN(c2ccc(C(F)(F)F)cn2)CC1. The van der Waals surface area contributed by atoms with Crippen molar-refractivity contribution < 1.29 is 13.2 Å². The first-order valence-electron chi connectivity index (χ1n) is 10.1. The van der Waals surface area contributed by atoms with Crippen LogP contribution in [0.5, 0.6) is 0 Å². The molecule has 0 aliphatic carbocycles. The first-order valence-corrected chi connectivity index (χ1v) is 10.1. The molecule has 31 heavy (non-hydrogen) atoms. The predicted octanol–water partition coefficient (Wildman–Crippen LogP) is 4.79. The molecule has 1 aliphatic heterocycles. The van der Waals surface area contributed by atoms with Gasteiger partial charge in [-0.25, -0.2) is 4.98 Å². The van der Waals surface area contributed by atoms with Gasteiger partial charge in [-0.2, -0.15) is 13.2 Å². The van der Waals surface area contributed by atoms with Gasteiger partial charge in [0.2, 0.25) is 0 Å². The van der Waals surface area contributed by atoms with Crippen LogP contribution in [0, 0.1) is 5.92 Å². The third-order valence-corrected chi connectivity index (χ3v) is 5.85. The monoisotopic (exact) mass is 428 g/mol. The molecule has 8 heteroatoms. The van der Waals surface area contributed by atoms with Gasteiger partial charge in [-0.1, -0.05) is 12.6 Å². The summed E-state index contributed by atoms with van der Waals surface area (Å²) in [6.45, 7) is 5.59. The molecule has 0 spiro atoms. The topological polar surface area (TPSA) is 50.2 Å². The van der Waals surface area contributed by atoms with E-state index in [2.05, 4.69) is 16.9 Å². The second-order valence-corrected chi connectivity index (χ2v) is 7.78. The van der Waals surface area contributed by atoms with Crippen molar-refractivity contribution in [1.82, 2.24) is 9.55 Å². The Morgan fingerprint density at radius 3 is 2.52 bits per heavy atom. The second kappa shape index (κ2) is 8.09. The van der Waals surface area contributed by atoms with Crippen LogP contribution in [0.15, 0.2) is 65.7 Å². The molecule has 0 unspecified atom stereocenters. The van der Waals surface area contributed by atoms with E-state index in [9.17, 15) is 18.0 Å². The Bertz CT molecular complexity index is 1160. The third kappa shape index (κ3) is 4.28. The number of rotatable bonds is 4. The molecule has 0 atom stereocenters. The number of fused-ring (bicyclic) bond motifs is 1. The number of benzene rings is 1. The van der Waals surface area contributed by atoms with E-state index in [0.29, 0.717) is 18.9 Å². The van der Waals surface area contributed by atoms with Gasteiger partial charge in [0.05, 0.1) is 11.1 Å². The fourth-order valence-corrected chi connectivity index (χ4v) is 3.99. The number of allylic oxidation sites excluding steroid dienone is 1. The van der Waals surface area contributed by atoms with Gasteiger partial charge < -0.3 is 14.8 Å². The zero-order chi connectivity index (χ0) is 22.2. The zero-order valence-electron chi connectivity index (χ0n) is 17.1. The maximum Gasteiger partial charge on any atom is 0.417 e. The van der Waals surface area contributed by atoms with Crippen LogP contribution in [0.3, 0.4) is 0 Å². The Morgan fingerprint density at radius 2 is 1.87 bits per heavy atom. The van der Waals surface area contributed by atoms with E-state index in [4.69, 9.17) is 0 Å².